The van der Waals surface area contributed by atoms with Crippen LogP contribution < -0.4 is 9.62 Å². The van der Waals surface area contributed by atoms with Crippen molar-refractivity contribution in [1.29, 1.82) is 0 Å². The van der Waals surface area contributed by atoms with Crippen molar-refractivity contribution in [2.45, 2.75) is 70.2 Å². The minimum Gasteiger partial charge on any atom is -0.458 e. The number of halogens is 4. The third kappa shape index (κ3) is 6.70. The molecule has 2 aromatic carbocycles. The van der Waals surface area contributed by atoms with E-state index in [1.165, 1.54) is 17.4 Å². The van der Waals surface area contributed by atoms with Gasteiger partial charge in [0.2, 0.25) is 10.0 Å². The maximum absolute atomic E-state index is 15.3. The highest BCUT2D eigenvalue weighted by atomic mass is 35.5. The van der Waals surface area contributed by atoms with E-state index in [9.17, 15) is 18.0 Å². The average Bonchev–Trinajstić information content (AvgIpc) is 3.40. The van der Waals surface area contributed by atoms with Crippen LogP contribution in [0.3, 0.4) is 0 Å². The van der Waals surface area contributed by atoms with Gasteiger partial charge in [0.1, 0.15) is 22.9 Å². The van der Waals surface area contributed by atoms with Crippen LogP contribution in [0.2, 0.25) is 10.0 Å². The second-order valence-electron chi connectivity index (χ2n) is 11.7. The summed E-state index contributed by atoms with van der Waals surface area (Å²) in [5.74, 6) is -2.89. The number of rotatable bonds is 10. The standard InChI is InChI=1S/C31H30Cl2F2N4O6S2/c1-3-12-47(42,43)38-28(40)16-13-21(34)25-22(14-16)46-30(36-25)39-11-8-18(15-17(39)4-2)44-29(41)24-26(23-19(32)6-5-7-20(23)33)37-45-27(24)31(35)9-10-31/h5-7,13-14,17-18H,3-4,8-12,15H2,1-2H3,(H,38,40)/t17-,18-/m0/s1. The molecule has 2 fully saturated rings. The third-order valence-corrected chi connectivity index (χ3v) is 11.4. The number of fused-ring (bicyclic) bond motifs is 1. The maximum atomic E-state index is 15.3. The highest BCUT2D eigenvalue weighted by Gasteiger charge is 2.53. The first-order valence-electron chi connectivity index (χ1n) is 15.1. The number of esters is 1. The number of anilines is 1. The van der Waals surface area contributed by atoms with Gasteiger partial charge in [0.15, 0.2) is 22.4 Å². The van der Waals surface area contributed by atoms with Gasteiger partial charge < -0.3 is 14.2 Å². The summed E-state index contributed by atoms with van der Waals surface area (Å²) in [4.78, 5) is 32.8. The number of nitrogens with zero attached hydrogens (tertiary/aromatic N) is 3. The highest BCUT2D eigenvalue weighted by Crippen LogP contribution is 2.53. The summed E-state index contributed by atoms with van der Waals surface area (Å²) >= 11 is 14.0. The Morgan fingerprint density at radius 1 is 1.21 bits per heavy atom. The van der Waals surface area contributed by atoms with E-state index in [1.54, 1.807) is 25.1 Å². The van der Waals surface area contributed by atoms with Gasteiger partial charge in [-0.05, 0) is 49.9 Å². The zero-order valence-corrected chi connectivity index (χ0v) is 28.5. The number of carbonyl (C=O) groups is 2. The fourth-order valence-electron chi connectivity index (χ4n) is 5.74. The van der Waals surface area contributed by atoms with E-state index >= 15 is 8.78 Å². The van der Waals surface area contributed by atoms with E-state index in [4.69, 9.17) is 32.5 Å². The Labute approximate surface area is 283 Å². The predicted octanol–water partition coefficient (Wildman–Crippen LogP) is 7.43. The van der Waals surface area contributed by atoms with Crippen molar-refractivity contribution in [3.63, 3.8) is 0 Å². The van der Waals surface area contributed by atoms with Crippen molar-refractivity contribution in [3.05, 3.63) is 63.1 Å². The van der Waals surface area contributed by atoms with Gasteiger partial charge in [-0.1, -0.05) is 59.6 Å². The first kappa shape index (κ1) is 33.6. The Bertz CT molecular complexity index is 1960. The van der Waals surface area contributed by atoms with Gasteiger partial charge in [-0.15, -0.1) is 0 Å². The van der Waals surface area contributed by atoms with E-state index in [2.05, 4.69) is 10.1 Å². The zero-order chi connectivity index (χ0) is 33.7. The van der Waals surface area contributed by atoms with Gasteiger partial charge in [0, 0.05) is 36.6 Å². The van der Waals surface area contributed by atoms with E-state index in [0.29, 0.717) is 42.1 Å². The fraction of sp³-hybridized carbons (Fsp3) is 0.419. The van der Waals surface area contributed by atoms with Crippen molar-refractivity contribution < 1.29 is 36.0 Å². The van der Waals surface area contributed by atoms with Crippen LogP contribution in [0, 0.1) is 5.82 Å². The maximum Gasteiger partial charge on any atom is 0.344 e. The van der Waals surface area contributed by atoms with Crippen LogP contribution in [-0.2, 0) is 20.4 Å². The summed E-state index contributed by atoms with van der Waals surface area (Å²) in [5.41, 5.74) is -1.77. The lowest BCUT2D eigenvalue weighted by Crippen LogP contribution is -2.45. The fourth-order valence-corrected chi connectivity index (χ4v) is 8.47. The van der Waals surface area contributed by atoms with Crippen LogP contribution >= 0.6 is 34.5 Å². The van der Waals surface area contributed by atoms with Gasteiger partial charge in [-0.3, -0.25) is 4.79 Å². The zero-order valence-electron chi connectivity index (χ0n) is 25.3. The molecule has 0 unspecified atom stereocenters. The number of amides is 1. The highest BCUT2D eigenvalue weighted by molar-refractivity contribution is 7.90. The van der Waals surface area contributed by atoms with Crippen LogP contribution in [0.25, 0.3) is 21.5 Å². The monoisotopic (exact) mass is 726 g/mol. The number of nitrogens with one attached hydrogen (secondary N) is 1. The van der Waals surface area contributed by atoms with Crippen LogP contribution in [0.15, 0.2) is 34.9 Å². The van der Waals surface area contributed by atoms with E-state index in [0.717, 1.165) is 6.07 Å². The second-order valence-corrected chi connectivity index (χ2v) is 15.3. The Balaban J connectivity index is 1.21. The number of alkyl halides is 1. The molecular formula is C31H30Cl2F2N4O6S2. The molecule has 2 aliphatic rings. The average molecular weight is 728 g/mol. The van der Waals surface area contributed by atoms with Crippen LogP contribution in [0.4, 0.5) is 13.9 Å². The number of hydrogen-bond donors (Lipinski definition) is 1. The second kappa shape index (κ2) is 12.9. The smallest absolute Gasteiger partial charge is 0.344 e. The summed E-state index contributed by atoms with van der Waals surface area (Å²) in [6.07, 6.45) is 1.59. The molecule has 6 rings (SSSR count). The summed E-state index contributed by atoms with van der Waals surface area (Å²) in [7, 11) is -3.84. The molecule has 0 spiro atoms. The van der Waals surface area contributed by atoms with Crippen LogP contribution in [0.5, 0.6) is 0 Å². The quantitative estimate of drug-likeness (QED) is 0.166. The Morgan fingerprint density at radius 3 is 2.60 bits per heavy atom. The number of benzene rings is 2. The number of ether oxygens (including phenoxy) is 1. The summed E-state index contributed by atoms with van der Waals surface area (Å²) in [6, 6.07) is 7.04. The lowest BCUT2D eigenvalue weighted by Gasteiger charge is -2.38. The number of hydrogen-bond acceptors (Lipinski definition) is 10. The van der Waals surface area contributed by atoms with Crippen molar-refractivity contribution in [3.8, 4) is 11.3 Å². The Kier molecular flexibility index (Phi) is 9.24. The molecule has 1 N–H and O–H groups in total. The third-order valence-electron chi connectivity index (χ3n) is 8.27. The van der Waals surface area contributed by atoms with E-state index in [-0.39, 0.29) is 68.3 Å². The van der Waals surface area contributed by atoms with Crippen molar-refractivity contribution in [2.75, 3.05) is 17.2 Å². The molecule has 250 valence electrons. The molecule has 1 aliphatic heterocycles. The lowest BCUT2D eigenvalue weighted by atomic mass is 9.97. The summed E-state index contributed by atoms with van der Waals surface area (Å²) in [5, 5.41) is 4.94. The van der Waals surface area contributed by atoms with Gasteiger partial charge in [-0.2, -0.15) is 0 Å². The molecule has 1 saturated heterocycles. The van der Waals surface area contributed by atoms with Gasteiger partial charge in [0.25, 0.3) is 5.91 Å². The first-order chi connectivity index (χ1) is 22.3. The molecule has 0 radical (unpaired) electrons. The number of piperidine rings is 1. The van der Waals surface area contributed by atoms with Crippen LogP contribution in [-0.4, -0.2) is 54.9 Å². The summed E-state index contributed by atoms with van der Waals surface area (Å²) < 4.78 is 68.2. The van der Waals surface area contributed by atoms with Gasteiger partial charge in [-0.25, -0.2) is 31.7 Å². The Morgan fingerprint density at radius 2 is 1.94 bits per heavy atom. The van der Waals surface area contributed by atoms with Gasteiger partial charge >= 0.3 is 5.97 Å². The van der Waals surface area contributed by atoms with Crippen molar-refractivity contribution in [1.82, 2.24) is 14.9 Å². The minimum atomic E-state index is -3.84. The summed E-state index contributed by atoms with van der Waals surface area (Å²) in [6.45, 7) is 4.04. The number of aromatic nitrogens is 2. The van der Waals surface area contributed by atoms with E-state index < -0.39 is 39.5 Å². The molecule has 1 aliphatic carbocycles. The molecule has 1 saturated carbocycles. The molecule has 3 heterocycles. The SMILES string of the molecule is CCCS(=O)(=O)NC(=O)c1cc(F)c2nc(N3CC[C@H](OC(=O)c4c(-c5c(Cl)cccc5Cl)noc4C4(F)CC4)C[C@@H]3CC)sc2c1. The molecule has 1 amide bonds. The van der Waals surface area contributed by atoms with Crippen molar-refractivity contribution >= 4 is 71.8 Å². The normalized spacial score (nSPS) is 19.1. The molecule has 10 nitrogen and oxygen atoms in total. The largest absolute Gasteiger partial charge is 0.458 e. The lowest BCUT2D eigenvalue weighted by molar-refractivity contribution is 0.0202. The molecule has 47 heavy (non-hydrogen) atoms. The topological polar surface area (TPSA) is 132 Å². The minimum absolute atomic E-state index is 0.0153. The predicted molar refractivity (Wildman–Crippen MR) is 175 cm³/mol. The molecule has 2 atom stereocenters. The van der Waals surface area contributed by atoms with Crippen molar-refractivity contribution in [2.24, 2.45) is 0 Å². The first-order valence-corrected chi connectivity index (χ1v) is 18.3. The Hall–Kier alpha value is -3.33. The van der Waals surface area contributed by atoms with Gasteiger partial charge in [0.05, 0.1) is 20.5 Å². The number of carbonyl (C=O) groups excluding carboxylic acids is 2. The molecular weight excluding hydrogens is 697 g/mol. The molecule has 4 aromatic rings. The molecule has 16 heteroatoms. The van der Waals surface area contributed by atoms with Crippen LogP contribution in [0.1, 0.15) is 78.8 Å². The number of sulfonamides is 1. The molecule has 2 aromatic heterocycles. The number of thiazole rings is 1. The molecule has 0 bridgehead atoms. The van der Waals surface area contributed by atoms with E-state index in [1.807, 2.05) is 16.5 Å².